The Hall–Kier alpha value is -1.22. The number of benzene rings is 1. The third kappa shape index (κ3) is 2.67. The van der Waals surface area contributed by atoms with Crippen molar-refractivity contribution in [3.63, 3.8) is 0 Å². The van der Waals surface area contributed by atoms with E-state index in [-0.39, 0.29) is 0 Å². The first-order valence-corrected chi connectivity index (χ1v) is 5.56. The molecular formula is C13H21NO2. The molecule has 1 rings (SSSR count). The highest BCUT2D eigenvalue weighted by atomic mass is 16.5. The van der Waals surface area contributed by atoms with E-state index in [0.29, 0.717) is 12.5 Å². The van der Waals surface area contributed by atoms with Crippen LogP contribution in [0.1, 0.15) is 30.4 Å². The summed E-state index contributed by atoms with van der Waals surface area (Å²) < 4.78 is 10.7. The maximum atomic E-state index is 5.59. The fourth-order valence-electron chi connectivity index (χ4n) is 1.88. The number of nitrogens with two attached hydrogens (primary N) is 1. The van der Waals surface area contributed by atoms with Crippen LogP contribution in [-0.2, 0) is 0 Å². The number of aryl methyl sites for hydroxylation is 1. The summed E-state index contributed by atoms with van der Waals surface area (Å²) in [6, 6.07) is 4.07. The Bertz CT molecular complexity index is 350. The van der Waals surface area contributed by atoms with Crippen molar-refractivity contribution in [3.05, 3.63) is 23.3 Å². The van der Waals surface area contributed by atoms with E-state index >= 15 is 0 Å². The average Bonchev–Trinajstić information content (AvgIpc) is 2.29. The number of hydrogen-bond donors (Lipinski definition) is 1. The van der Waals surface area contributed by atoms with Gasteiger partial charge in [0.1, 0.15) is 11.5 Å². The summed E-state index contributed by atoms with van der Waals surface area (Å²) in [5.74, 6) is 2.15. The highest BCUT2D eigenvalue weighted by molar-refractivity contribution is 5.47. The van der Waals surface area contributed by atoms with Gasteiger partial charge in [-0.15, -0.1) is 0 Å². The Morgan fingerprint density at radius 1 is 1.19 bits per heavy atom. The van der Waals surface area contributed by atoms with Crippen molar-refractivity contribution in [3.8, 4) is 11.5 Å². The van der Waals surface area contributed by atoms with Crippen molar-refractivity contribution in [2.45, 2.75) is 26.2 Å². The molecule has 1 aromatic rings. The van der Waals surface area contributed by atoms with E-state index in [4.69, 9.17) is 15.2 Å². The lowest BCUT2D eigenvalue weighted by molar-refractivity contribution is 0.386. The minimum atomic E-state index is 0.407. The van der Waals surface area contributed by atoms with Gasteiger partial charge in [0, 0.05) is 6.07 Å². The van der Waals surface area contributed by atoms with Gasteiger partial charge >= 0.3 is 0 Å². The van der Waals surface area contributed by atoms with Crippen LogP contribution in [0.15, 0.2) is 12.1 Å². The van der Waals surface area contributed by atoms with Gasteiger partial charge in [-0.25, -0.2) is 0 Å². The fourth-order valence-corrected chi connectivity index (χ4v) is 1.88. The molecule has 1 aromatic carbocycles. The first-order valence-electron chi connectivity index (χ1n) is 5.56. The molecule has 0 aliphatic heterocycles. The lowest BCUT2D eigenvalue weighted by Crippen LogP contribution is -2.06. The molecular weight excluding hydrogens is 202 g/mol. The van der Waals surface area contributed by atoms with Gasteiger partial charge in [-0.2, -0.15) is 0 Å². The van der Waals surface area contributed by atoms with Crippen molar-refractivity contribution in [2.75, 3.05) is 20.8 Å². The van der Waals surface area contributed by atoms with Gasteiger partial charge in [-0.05, 0) is 43.0 Å². The Morgan fingerprint density at radius 3 is 2.31 bits per heavy atom. The molecule has 90 valence electrons. The molecule has 0 heterocycles. The molecule has 0 saturated heterocycles. The normalized spacial score (nSPS) is 12.3. The van der Waals surface area contributed by atoms with Crippen molar-refractivity contribution in [1.29, 1.82) is 0 Å². The lowest BCUT2D eigenvalue weighted by Gasteiger charge is -2.17. The third-order valence-electron chi connectivity index (χ3n) is 2.88. The summed E-state index contributed by atoms with van der Waals surface area (Å²) in [5.41, 5.74) is 7.91. The molecule has 1 unspecified atom stereocenters. The summed E-state index contributed by atoms with van der Waals surface area (Å²) in [6.45, 7) is 4.89. The molecule has 0 aromatic heterocycles. The highest BCUT2D eigenvalue weighted by Crippen LogP contribution is 2.34. The Kier molecular flexibility index (Phi) is 4.62. The van der Waals surface area contributed by atoms with Crippen LogP contribution in [0.25, 0.3) is 0 Å². The van der Waals surface area contributed by atoms with E-state index in [0.717, 1.165) is 23.5 Å². The molecule has 16 heavy (non-hydrogen) atoms. The monoisotopic (exact) mass is 223 g/mol. The van der Waals surface area contributed by atoms with Crippen LogP contribution in [0.2, 0.25) is 0 Å². The molecule has 0 radical (unpaired) electrons. The van der Waals surface area contributed by atoms with Crippen molar-refractivity contribution in [1.82, 2.24) is 0 Å². The van der Waals surface area contributed by atoms with Gasteiger partial charge < -0.3 is 15.2 Å². The number of ether oxygens (including phenoxy) is 2. The molecule has 0 amide bonds. The topological polar surface area (TPSA) is 44.5 Å². The molecule has 0 bridgehead atoms. The van der Waals surface area contributed by atoms with Gasteiger partial charge in [0.2, 0.25) is 0 Å². The predicted octanol–water partition coefficient (Wildman–Crippen LogP) is 2.46. The summed E-state index contributed by atoms with van der Waals surface area (Å²) in [4.78, 5) is 0. The molecule has 2 N–H and O–H groups in total. The second-order valence-electron chi connectivity index (χ2n) is 4.04. The van der Waals surface area contributed by atoms with Gasteiger partial charge in [0.05, 0.1) is 14.2 Å². The maximum absolute atomic E-state index is 5.59. The second-order valence-corrected chi connectivity index (χ2v) is 4.04. The van der Waals surface area contributed by atoms with E-state index in [9.17, 15) is 0 Å². The second kappa shape index (κ2) is 5.75. The largest absolute Gasteiger partial charge is 0.496 e. The van der Waals surface area contributed by atoms with E-state index in [1.165, 1.54) is 5.56 Å². The van der Waals surface area contributed by atoms with Crippen LogP contribution in [0.5, 0.6) is 11.5 Å². The van der Waals surface area contributed by atoms with E-state index in [2.05, 4.69) is 13.0 Å². The van der Waals surface area contributed by atoms with Crippen LogP contribution >= 0.6 is 0 Å². The van der Waals surface area contributed by atoms with Crippen LogP contribution < -0.4 is 15.2 Å². The van der Waals surface area contributed by atoms with Crippen LogP contribution in [-0.4, -0.2) is 20.8 Å². The van der Waals surface area contributed by atoms with Crippen molar-refractivity contribution < 1.29 is 9.47 Å². The summed E-state index contributed by atoms with van der Waals surface area (Å²) >= 11 is 0. The third-order valence-corrected chi connectivity index (χ3v) is 2.88. The molecule has 0 spiro atoms. The smallest absolute Gasteiger partial charge is 0.126 e. The first kappa shape index (κ1) is 12.8. The molecule has 3 nitrogen and oxygen atoms in total. The molecule has 0 aliphatic carbocycles. The zero-order valence-electron chi connectivity index (χ0n) is 10.5. The molecule has 0 saturated carbocycles. The lowest BCUT2D eigenvalue weighted by atomic mass is 9.95. The average molecular weight is 223 g/mol. The predicted molar refractivity (Wildman–Crippen MR) is 66.4 cm³/mol. The Balaban J connectivity index is 3.12. The standard InChI is InChI=1S/C13H21NO2/c1-9(5-6-14)11-7-10(2)12(15-3)8-13(11)16-4/h7-9H,5-6,14H2,1-4H3. The zero-order chi connectivity index (χ0) is 12.1. The molecule has 0 fully saturated rings. The van der Waals surface area contributed by atoms with E-state index in [1.807, 2.05) is 13.0 Å². The summed E-state index contributed by atoms with van der Waals surface area (Å²) in [7, 11) is 3.35. The first-order chi connectivity index (χ1) is 7.63. The van der Waals surface area contributed by atoms with Crippen LogP contribution in [0.3, 0.4) is 0 Å². The fraction of sp³-hybridized carbons (Fsp3) is 0.538. The SMILES string of the molecule is COc1cc(OC)c(C(C)CCN)cc1C. The highest BCUT2D eigenvalue weighted by Gasteiger charge is 2.13. The molecule has 1 atom stereocenters. The van der Waals surface area contributed by atoms with Gasteiger partial charge in [0.25, 0.3) is 0 Å². The van der Waals surface area contributed by atoms with Crippen LogP contribution in [0.4, 0.5) is 0 Å². The van der Waals surface area contributed by atoms with E-state index < -0.39 is 0 Å². The Morgan fingerprint density at radius 2 is 1.81 bits per heavy atom. The minimum absolute atomic E-state index is 0.407. The molecule has 3 heteroatoms. The Labute approximate surface area is 97.6 Å². The number of hydrogen-bond acceptors (Lipinski definition) is 3. The minimum Gasteiger partial charge on any atom is -0.496 e. The number of rotatable bonds is 5. The summed E-state index contributed by atoms with van der Waals surface area (Å²) in [5, 5.41) is 0. The zero-order valence-corrected chi connectivity index (χ0v) is 10.5. The van der Waals surface area contributed by atoms with Crippen LogP contribution in [0, 0.1) is 6.92 Å². The van der Waals surface area contributed by atoms with Gasteiger partial charge in [-0.1, -0.05) is 6.92 Å². The van der Waals surface area contributed by atoms with Gasteiger partial charge in [-0.3, -0.25) is 0 Å². The quantitative estimate of drug-likeness (QED) is 0.834. The van der Waals surface area contributed by atoms with Crippen molar-refractivity contribution in [2.24, 2.45) is 5.73 Å². The van der Waals surface area contributed by atoms with Crippen molar-refractivity contribution >= 4 is 0 Å². The van der Waals surface area contributed by atoms with E-state index in [1.54, 1.807) is 14.2 Å². The maximum Gasteiger partial charge on any atom is 0.126 e. The van der Waals surface area contributed by atoms with Gasteiger partial charge in [0.15, 0.2) is 0 Å². The molecule has 0 aliphatic rings. The summed E-state index contributed by atoms with van der Waals surface area (Å²) in [6.07, 6.45) is 0.960. The number of methoxy groups -OCH3 is 2.